The van der Waals surface area contributed by atoms with Gasteiger partial charge in [-0.2, -0.15) is 5.26 Å². The highest BCUT2D eigenvalue weighted by Crippen LogP contribution is 2.29. The topological polar surface area (TPSA) is 53.2 Å². The molecule has 0 saturated carbocycles. The first-order valence-electron chi connectivity index (χ1n) is 6.61. The van der Waals surface area contributed by atoms with Crippen LogP contribution in [0.25, 0.3) is 0 Å². The number of nitrogens with zero attached hydrogens (tertiary/aromatic N) is 1. The molecule has 3 nitrogen and oxygen atoms in total. The highest BCUT2D eigenvalue weighted by Gasteiger charge is 2.10. The predicted molar refractivity (Wildman–Crippen MR) is 85.0 cm³/mol. The second-order valence-electron chi connectivity index (χ2n) is 4.90. The van der Waals surface area contributed by atoms with E-state index < -0.39 is 6.10 Å². The van der Waals surface area contributed by atoms with E-state index in [1.54, 1.807) is 13.0 Å². The van der Waals surface area contributed by atoms with E-state index in [9.17, 15) is 5.11 Å². The quantitative estimate of drug-likeness (QED) is 0.900. The molecule has 2 aromatic carbocycles. The van der Waals surface area contributed by atoms with Crippen molar-refractivity contribution in [2.45, 2.75) is 26.6 Å². The van der Waals surface area contributed by atoms with Crippen molar-refractivity contribution in [2.24, 2.45) is 0 Å². The Balaban J connectivity index is 2.19. The lowest BCUT2D eigenvalue weighted by atomic mass is 10.1. The lowest BCUT2D eigenvalue weighted by molar-refractivity contribution is 0.190. The molecule has 0 amide bonds. The van der Waals surface area contributed by atoms with Crippen molar-refractivity contribution in [1.82, 2.24) is 0 Å². The van der Waals surface area contributed by atoms with Crippen LogP contribution in [0.3, 0.4) is 0 Å². The highest BCUT2D eigenvalue weighted by atomic mass is 79.9. The minimum atomic E-state index is -0.598. The summed E-state index contributed by atoms with van der Waals surface area (Å²) in [5.41, 5.74) is 3.43. The fraction of sp³-hybridized carbons (Fsp3) is 0.235. The fourth-order valence-corrected chi connectivity index (χ4v) is 2.44. The lowest BCUT2D eigenvalue weighted by Crippen LogP contribution is -2.02. The summed E-state index contributed by atoms with van der Waals surface area (Å²) in [6, 6.07) is 13.2. The molecule has 4 heteroatoms. The van der Waals surface area contributed by atoms with Crippen molar-refractivity contribution in [1.29, 1.82) is 5.26 Å². The number of aryl methyl sites for hydroxylation is 1. The highest BCUT2D eigenvalue weighted by molar-refractivity contribution is 9.10. The third-order valence-corrected chi connectivity index (χ3v) is 3.77. The van der Waals surface area contributed by atoms with Gasteiger partial charge in [-0.1, -0.05) is 22.0 Å². The Bertz CT molecular complexity index is 690. The van der Waals surface area contributed by atoms with Gasteiger partial charge in [0.2, 0.25) is 0 Å². The van der Waals surface area contributed by atoms with Gasteiger partial charge in [-0.25, -0.2) is 0 Å². The third kappa shape index (κ3) is 3.84. The number of aliphatic hydroxyl groups is 1. The summed E-state index contributed by atoms with van der Waals surface area (Å²) < 4.78 is 6.73. The van der Waals surface area contributed by atoms with Crippen LogP contribution in [0.4, 0.5) is 0 Å². The molecule has 0 aliphatic rings. The Morgan fingerprint density at radius 1 is 1.29 bits per heavy atom. The maximum absolute atomic E-state index is 9.81. The van der Waals surface area contributed by atoms with Crippen LogP contribution in [0.5, 0.6) is 5.75 Å². The number of hydrogen-bond donors (Lipinski definition) is 1. The third-order valence-electron chi connectivity index (χ3n) is 3.28. The maximum Gasteiger partial charge on any atom is 0.125 e. The van der Waals surface area contributed by atoms with Crippen LogP contribution < -0.4 is 4.74 Å². The Kier molecular flexibility index (Phi) is 5.00. The zero-order valence-electron chi connectivity index (χ0n) is 11.9. The number of benzene rings is 2. The van der Waals surface area contributed by atoms with E-state index in [1.807, 2.05) is 37.3 Å². The molecular formula is C17H16BrNO2. The van der Waals surface area contributed by atoms with Crippen molar-refractivity contribution in [2.75, 3.05) is 0 Å². The van der Waals surface area contributed by atoms with Crippen molar-refractivity contribution in [3.05, 3.63) is 63.1 Å². The monoisotopic (exact) mass is 345 g/mol. The molecule has 1 atom stereocenters. The van der Waals surface area contributed by atoms with Crippen molar-refractivity contribution < 1.29 is 9.84 Å². The van der Waals surface area contributed by atoms with Gasteiger partial charge in [0.15, 0.2) is 0 Å². The summed E-state index contributed by atoms with van der Waals surface area (Å²) in [7, 11) is 0. The average Bonchev–Trinajstić information content (AvgIpc) is 2.46. The molecule has 0 fully saturated rings. The molecule has 2 aromatic rings. The molecule has 0 aliphatic heterocycles. The van der Waals surface area contributed by atoms with Crippen molar-refractivity contribution in [3.8, 4) is 11.8 Å². The first-order chi connectivity index (χ1) is 10.0. The van der Waals surface area contributed by atoms with E-state index in [-0.39, 0.29) is 0 Å². The minimum absolute atomic E-state index is 0.402. The molecule has 21 heavy (non-hydrogen) atoms. The van der Waals surface area contributed by atoms with Crippen LogP contribution in [0.2, 0.25) is 0 Å². The van der Waals surface area contributed by atoms with Crippen LogP contribution in [0, 0.1) is 18.3 Å². The number of nitriles is 1. The van der Waals surface area contributed by atoms with Gasteiger partial charge in [0.05, 0.1) is 17.7 Å². The molecule has 2 rings (SSSR count). The Morgan fingerprint density at radius 2 is 2.05 bits per heavy atom. The van der Waals surface area contributed by atoms with Crippen molar-refractivity contribution in [3.63, 3.8) is 0 Å². The Hall–Kier alpha value is -1.83. The van der Waals surface area contributed by atoms with Gasteiger partial charge in [-0.3, -0.25) is 0 Å². The number of rotatable bonds is 4. The summed E-state index contributed by atoms with van der Waals surface area (Å²) >= 11 is 3.39. The van der Waals surface area contributed by atoms with Gasteiger partial charge >= 0.3 is 0 Å². The second kappa shape index (κ2) is 6.75. The van der Waals surface area contributed by atoms with Gasteiger partial charge in [-0.05, 0) is 55.3 Å². The standard InChI is InChI=1S/C17H16BrNO2/c1-11-7-13(9-19)3-4-14(11)10-21-17-6-5-15(18)8-16(17)12(2)20/h3-8,12,20H,10H2,1-2H3. The zero-order chi connectivity index (χ0) is 15.4. The summed E-state index contributed by atoms with van der Waals surface area (Å²) in [6.07, 6.45) is -0.598. The summed E-state index contributed by atoms with van der Waals surface area (Å²) in [5, 5.41) is 18.7. The molecule has 1 N–H and O–H groups in total. The molecule has 0 aliphatic carbocycles. The summed E-state index contributed by atoms with van der Waals surface area (Å²) in [5.74, 6) is 0.664. The van der Waals surface area contributed by atoms with Crippen LogP contribution >= 0.6 is 15.9 Å². The predicted octanol–water partition coefficient (Wildman–Crippen LogP) is 4.26. The number of halogens is 1. The van der Waals surface area contributed by atoms with E-state index in [1.165, 1.54) is 0 Å². The summed E-state index contributed by atoms with van der Waals surface area (Å²) in [6.45, 7) is 4.07. The smallest absolute Gasteiger partial charge is 0.125 e. The van der Waals surface area contributed by atoms with E-state index in [0.717, 1.165) is 21.2 Å². The zero-order valence-corrected chi connectivity index (χ0v) is 13.5. The van der Waals surface area contributed by atoms with Gasteiger partial charge in [-0.15, -0.1) is 0 Å². The first kappa shape index (κ1) is 15.6. The first-order valence-corrected chi connectivity index (χ1v) is 7.40. The molecule has 0 spiro atoms. The molecule has 0 radical (unpaired) electrons. The Labute approximate surface area is 132 Å². The molecule has 0 heterocycles. The van der Waals surface area contributed by atoms with Gasteiger partial charge in [0.1, 0.15) is 12.4 Å². The maximum atomic E-state index is 9.81. The minimum Gasteiger partial charge on any atom is -0.489 e. The van der Waals surface area contributed by atoms with E-state index in [2.05, 4.69) is 22.0 Å². The Morgan fingerprint density at radius 3 is 2.67 bits per heavy atom. The molecule has 108 valence electrons. The normalized spacial score (nSPS) is 11.8. The summed E-state index contributed by atoms with van der Waals surface area (Å²) in [4.78, 5) is 0. The molecule has 0 bridgehead atoms. The van der Waals surface area contributed by atoms with E-state index >= 15 is 0 Å². The van der Waals surface area contributed by atoms with E-state index in [4.69, 9.17) is 10.00 Å². The van der Waals surface area contributed by atoms with Crippen molar-refractivity contribution >= 4 is 15.9 Å². The number of aliphatic hydroxyl groups excluding tert-OH is 1. The van der Waals surface area contributed by atoms with Gasteiger partial charge in [0.25, 0.3) is 0 Å². The van der Waals surface area contributed by atoms with E-state index in [0.29, 0.717) is 17.9 Å². The average molecular weight is 346 g/mol. The number of hydrogen-bond acceptors (Lipinski definition) is 3. The molecular weight excluding hydrogens is 330 g/mol. The van der Waals surface area contributed by atoms with Crippen LogP contribution in [-0.2, 0) is 6.61 Å². The number of ether oxygens (including phenoxy) is 1. The van der Waals surface area contributed by atoms with Gasteiger partial charge in [0, 0.05) is 10.0 Å². The largest absolute Gasteiger partial charge is 0.489 e. The van der Waals surface area contributed by atoms with Crippen LogP contribution in [0.15, 0.2) is 40.9 Å². The SMILES string of the molecule is Cc1cc(C#N)ccc1COc1ccc(Br)cc1C(C)O. The van der Waals surface area contributed by atoms with Crippen LogP contribution in [0.1, 0.15) is 35.3 Å². The second-order valence-corrected chi connectivity index (χ2v) is 5.82. The molecule has 0 aromatic heterocycles. The fourth-order valence-electron chi connectivity index (χ4n) is 2.06. The van der Waals surface area contributed by atoms with Crippen LogP contribution in [-0.4, -0.2) is 5.11 Å². The van der Waals surface area contributed by atoms with Gasteiger partial charge < -0.3 is 9.84 Å². The molecule has 1 unspecified atom stereocenters. The molecule has 0 saturated heterocycles. The lowest BCUT2D eigenvalue weighted by Gasteiger charge is -2.15.